The number of hydrogen-bond donors (Lipinski definition) is 2. The Kier molecular flexibility index (Phi) is 7.80. The second-order valence-corrected chi connectivity index (χ2v) is 8.58. The molecule has 0 aliphatic carbocycles. The zero-order valence-electron chi connectivity index (χ0n) is 17.1. The Morgan fingerprint density at radius 1 is 1.03 bits per heavy atom. The van der Waals surface area contributed by atoms with Crippen LogP contribution in [0, 0.1) is 13.8 Å². The van der Waals surface area contributed by atoms with Gasteiger partial charge in [0.2, 0.25) is 5.91 Å². The van der Waals surface area contributed by atoms with Crippen LogP contribution in [-0.2, 0) is 17.9 Å². The minimum atomic E-state index is -0.0941. The van der Waals surface area contributed by atoms with Crippen LogP contribution in [0.15, 0.2) is 71.6 Å². The maximum Gasteiger partial charge on any atom is 0.240 e. The molecule has 30 heavy (non-hydrogen) atoms. The molecule has 6 heteroatoms. The van der Waals surface area contributed by atoms with Crippen molar-refractivity contribution in [3.8, 4) is 0 Å². The molecule has 3 rings (SSSR count). The molecule has 0 bridgehead atoms. The molecule has 0 aromatic heterocycles. The van der Waals surface area contributed by atoms with Crippen LogP contribution in [-0.4, -0.2) is 17.6 Å². The topological polar surface area (TPSA) is 52.6 Å². The molecule has 3 aromatic carbocycles. The number of carbonyl (C=O) groups excluding carboxylic acids is 1. The van der Waals surface area contributed by atoms with E-state index in [4.69, 9.17) is 11.6 Å². The highest BCUT2D eigenvalue weighted by Crippen LogP contribution is 2.34. The van der Waals surface area contributed by atoms with Crippen molar-refractivity contribution in [1.82, 2.24) is 5.32 Å². The summed E-state index contributed by atoms with van der Waals surface area (Å²) in [5.41, 5.74) is 4.81. The number of hydrogen-bond acceptors (Lipinski definition) is 4. The van der Waals surface area contributed by atoms with Gasteiger partial charge in [0, 0.05) is 16.5 Å². The summed E-state index contributed by atoms with van der Waals surface area (Å²) in [5.74, 6) is -0.0941. The first kappa shape index (κ1) is 22.2. The average molecular weight is 441 g/mol. The van der Waals surface area contributed by atoms with Crippen LogP contribution in [0.5, 0.6) is 0 Å². The summed E-state index contributed by atoms with van der Waals surface area (Å²) in [7, 11) is 0. The quantitative estimate of drug-likeness (QED) is 0.468. The summed E-state index contributed by atoms with van der Waals surface area (Å²) in [4.78, 5) is 13.8. The second kappa shape index (κ2) is 10.5. The lowest BCUT2D eigenvalue weighted by Crippen LogP contribution is -2.34. The third kappa shape index (κ3) is 6.02. The SMILES string of the molecule is Cc1ccc(SN(CC(=O)NCc2cccc(CO)c2)c2cccc(Cl)c2C)cc1. The first-order valence-corrected chi connectivity index (χ1v) is 10.8. The molecular weight excluding hydrogens is 416 g/mol. The molecule has 0 aliphatic rings. The minimum absolute atomic E-state index is 0.0171. The standard InChI is InChI=1S/C24H25ClN2O2S/c1-17-9-11-21(12-10-17)30-27(23-8-4-7-22(25)18(23)2)15-24(29)26-14-19-5-3-6-20(13-19)16-28/h3-13,28H,14-16H2,1-2H3,(H,26,29). The molecule has 0 aliphatic heterocycles. The monoisotopic (exact) mass is 440 g/mol. The van der Waals surface area contributed by atoms with Crippen LogP contribution < -0.4 is 9.62 Å². The third-order valence-corrected chi connectivity index (χ3v) is 6.13. The van der Waals surface area contributed by atoms with E-state index in [0.29, 0.717) is 11.6 Å². The number of aliphatic hydroxyl groups is 1. The highest BCUT2D eigenvalue weighted by atomic mass is 35.5. The van der Waals surface area contributed by atoms with Crippen molar-refractivity contribution in [2.24, 2.45) is 0 Å². The molecule has 4 nitrogen and oxygen atoms in total. The lowest BCUT2D eigenvalue weighted by Gasteiger charge is -2.25. The largest absolute Gasteiger partial charge is 0.392 e. The maximum absolute atomic E-state index is 12.7. The van der Waals surface area contributed by atoms with Crippen molar-refractivity contribution in [3.05, 3.63) is 94.0 Å². The van der Waals surface area contributed by atoms with Crippen molar-refractivity contribution in [2.45, 2.75) is 31.9 Å². The number of rotatable bonds is 8. The van der Waals surface area contributed by atoms with Gasteiger partial charge < -0.3 is 14.7 Å². The Morgan fingerprint density at radius 3 is 2.47 bits per heavy atom. The van der Waals surface area contributed by atoms with Gasteiger partial charge in [-0.1, -0.05) is 59.6 Å². The van der Waals surface area contributed by atoms with Gasteiger partial charge in [0.15, 0.2) is 0 Å². The number of aryl methyl sites for hydroxylation is 1. The highest BCUT2D eigenvalue weighted by Gasteiger charge is 2.17. The lowest BCUT2D eigenvalue weighted by atomic mass is 10.1. The van der Waals surface area contributed by atoms with E-state index in [9.17, 15) is 9.90 Å². The van der Waals surface area contributed by atoms with Crippen molar-refractivity contribution in [1.29, 1.82) is 0 Å². The van der Waals surface area contributed by atoms with Gasteiger partial charge in [0.05, 0.1) is 12.3 Å². The van der Waals surface area contributed by atoms with Crippen LogP contribution in [0.25, 0.3) is 0 Å². The van der Waals surface area contributed by atoms with E-state index < -0.39 is 0 Å². The fraction of sp³-hybridized carbons (Fsp3) is 0.208. The average Bonchev–Trinajstić information content (AvgIpc) is 2.75. The van der Waals surface area contributed by atoms with Crippen LogP contribution in [0.1, 0.15) is 22.3 Å². The third-order valence-electron chi connectivity index (χ3n) is 4.70. The first-order chi connectivity index (χ1) is 14.5. The Hall–Kier alpha value is -2.47. The maximum atomic E-state index is 12.7. The van der Waals surface area contributed by atoms with E-state index in [1.165, 1.54) is 17.5 Å². The van der Waals surface area contributed by atoms with Crippen LogP contribution >= 0.6 is 23.5 Å². The number of nitrogens with zero attached hydrogens (tertiary/aromatic N) is 1. The van der Waals surface area contributed by atoms with Gasteiger partial charge in [0.1, 0.15) is 6.54 Å². The fourth-order valence-corrected chi connectivity index (χ4v) is 4.14. The van der Waals surface area contributed by atoms with Crippen molar-refractivity contribution in [3.63, 3.8) is 0 Å². The Morgan fingerprint density at radius 2 is 1.73 bits per heavy atom. The van der Waals surface area contributed by atoms with Crippen LogP contribution in [0.2, 0.25) is 5.02 Å². The van der Waals surface area contributed by atoms with E-state index in [1.807, 2.05) is 72.7 Å². The van der Waals surface area contributed by atoms with E-state index >= 15 is 0 Å². The van der Waals surface area contributed by atoms with Gasteiger partial charge in [-0.3, -0.25) is 4.79 Å². The predicted molar refractivity (Wildman–Crippen MR) is 125 cm³/mol. The molecule has 1 amide bonds. The van der Waals surface area contributed by atoms with Crippen molar-refractivity contribution >= 4 is 35.1 Å². The number of anilines is 1. The van der Waals surface area contributed by atoms with Gasteiger partial charge in [-0.2, -0.15) is 0 Å². The highest BCUT2D eigenvalue weighted by molar-refractivity contribution is 8.00. The molecule has 0 radical (unpaired) electrons. The molecule has 0 heterocycles. The van der Waals surface area contributed by atoms with Gasteiger partial charge in [-0.15, -0.1) is 0 Å². The second-order valence-electron chi connectivity index (χ2n) is 7.08. The molecule has 0 atom stereocenters. The number of halogens is 1. The summed E-state index contributed by atoms with van der Waals surface area (Å²) < 4.78 is 1.96. The summed E-state index contributed by atoms with van der Waals surface area (Å²) in [6.45, 7) is 4.58. The summed E-state index contributed by atoms with van der Waals surface area (Å²) in [5, 5.41) is 12.9. The lowest BCUT2D eigenvalue weighted by molar-refractivity contribution is -0.119. The fourth-order valence-electron chi connectivity index (χ4n) is 2.98. The Bertz CT molecular complexity index is 1010. The molecule has 156 valence electrons. The predicted octanol–water partition coefficient (Wildman–Crippen LogP) is 5.28. The van der Waals surface area contributed by atoms with E-state index in [2.05, 4.69) is 17.4 Å². The molecule has 0 saturated carbocycles. The molecule has 2 N–H and O–H groups in total. The number of aliphatic hydroxyl groups excluding tert-OH is 1. The zero-order chi connectivity index (χ0) is 21.5. The molecular formula is C24H25ClN2O2S. The molecule has 0 unspecified atom stereocenters. The molecule has 3 aromatic rings. The minimum Gasteiger partial charge on any atom is -0.392 e. The van der Waals surface area contributed by atoms with Gasteiger partial charge >= 0.3 is 0 Å². The summed E-state index contributed by atoms with van der Waals surface area (Å²) in [6, 6.07) is 21.5. The molecule has 0 fully saturated rings. The van der Waals surface area contributed by atoms with Crippen molar-refractivity contribution in [2.75, 3.05) is 10.8 Å². The van der Waals surface area contributed by atoms with Crippen molar-refractivity contribution < 1.29 is 9.90 Å². The summed E-state index contributed by atoms with van der Waals surface area (Å²) >= 11 is 7.84. The van der Waals surface area contributed by atoms with Crippen LogP contribution in [0.4, 0.5) is 5.69 Å². The Balaban J connectivity index is 1.74. The Labute approximate surface area is 187 Å². The van der Waals surface area contributed by atoms with Crippen LogP contribution in [0.3, 0.4) is 0 Å². The number of benzene rings is 3. The molecule has 0 spiro atoms. The summed E-state index contributed by atoms with van der Waals surface area (Å²) in [6.07, 6.45) is 0. The van der Waals surface area contributed by atoms with E-state index in [0.717, 1.165) is 27.3 Å². The normalized spacial score (nSPS) is 10.7. The van der Waals surface area contributed by atoms with Gasteiger partial charge in [0.25, 0.3) is 0 Å². The van der Waals surface area contributed by atoms with Gasteiger partial charge in [-0.05, 0) is 66.8 Å². The zero-order valence-corrected chi connectivity index (χ0v) is 18.6. The van der Waals surface area contributed by atoms with E-state index in [-0.39, 0.29) is 19.1 Å². The smallest absolute Gasteiger partial charge is 0.240 e. The number of carbonyl (C=O) groups is 1. The molecule has 0 saturated heterocycles. The number of nitrogens with one attached hydrogen (secondary N) is 1. The van der Waals surface area contributed by atoms with E-state index in [1.54, 1.807) is 0 Å². The number of amides is 1. The van der Waals surface area contributed by atoms with Gasteiger partial charge in [-0.25, -0.2) is 0 Å². The first-order valence-electron chi connectivity index (χ1n) is 9.69.